The average Bonchev–Trinajstić information content (AvgIpc) is 3.05. The van der Waals surface area contributed by atoms with Gasteiger partial charge in [0.15, 0.2) is 0 Å². The summed E-state index contributed by atoms with van der Waals surface area (Å²) in [6, 6.07) is 0.394. The summed E-state index contributed by atoms with van der Waals surface area (Å²) in [6.45, 7) is 6.01. The zero-order valence-corrected chi connectivity index (χ0v) is 9.04. The highest BCUT2D eigenvalue weighted by Gasteiger charge is 2.60. The van der Waals surface area contributed by atoms with E-state index < -0.39 is 0 Å². The molecule has 1 spiro atoms. The first kappa shape index (κ1) is 9.40. The van der Waals surface area contributed by atoms with Crippen LogP contribution < -0.4 is 5.32 Å². The summed E-state index contributed by atoms with van der Waals surface area (Å²) in [5, 5.41) is 3.15. The van der Waals surface area contributed by atoms with Gasteiger partial charge in [-0.3, -0.25) is 9.69 Å². The van der Waals surface area contributed by atoms with E-state index in [1.54, 1.807) is 0 Å². The van der Waals surface area contributed by atoms with E-state index >= 15 is 0 Å². The third-order valence-corrected chi connectivity index (χ3v) is 4.47. The second-order valence-corrected chi connectivity index (χ2v) is 5.12. The lowest BCUT2D eigenvalue weighted by Gasteiger charge is -2.52. The molecule has 1 atom stereocenters. The number of carbonyl (C=O) groups is 1. The van der Waals surface area contributed by atoms with E-state index in [1.165, 1.54) is 44.8 Å². The van der Waals surface area contributed by atoms with Gasteiger partial charge in [-0.05, 0) is 50.8 Å². The van der Waals surface area contributed by atoms with Gasteiger partial charge in [-0.2, -0.15) is 0 Å². The van der Waals surface area contributed by atoms with E-state index in [4.69, 9.17) is 0 Å². The second-order valence-electron chi connectivity index (χ2n) is 5.12. The number of hydrogen-bond acceptors (Lipinski definition) is 2. The van der Waals surface area contributed by atoms with Crippen LogP contribution in [-0.4, -0.2) is 35.5 Å². The SMILES string of the molecule is C=CC(=O)NC1C2CCN(CC2)C12CC2. The van der Waals surface area contributed by atoms with E-state index in [1.807, 2.05) is 0 Å². The molecule has 0 aromatic heterocycles. The minimum absolute atomic E-state index is 0.0000231. The lowest BCUT2D eigenvalue weighted by Crippen LogP contribution is -2.65. The Kier molecular flexibility index (Phi) is 1.93. The highest BCUT2D eigenvalue weighted by molar-refractivity contribution is 5.87. The molecule has 1 N–H and O–H groups in total. The third-order valence-electron chi connectivity index (χ3n) is 4.47. The number of nitrogens with zero attached hydrogens (tertiary/aromatic N) is 1. The Hall–Kier alpha value is -0.830. The minimum atomic E-state index is 0.0000231. The molecule has 3 nitrogen and oxygen atoms in total. The maximum absolute atomic E-state index is 11.4. The van der Waals surface area contributed by atoms with E-state index in [2.05, 4.69) is 16.8 Å². The maximum atomic E-state index is 11.4. The van der Waals surface area contributed by atoms with Gasteiger partial charge in [0, 0.05) is 5.54 Å². The van der Waals surface area contributed by atoms with Crippen LogP contribution in [0.1, 0.15) is 25.7 Å². The molecular weight excluding hydrogens is 188 g/mol. The van der Waals surface area contributed by atoms with Crippen molar-refractivity contribution in [2.24, 2.45) is 5.92 Å². The molecule has 4 fully saturated rings. The molecule has 3 aliphatic heterocycles. The van der Waals surface area contributed by atoms with Crippen molar-refractivity contribution in [3.63, 3.8) is 0 Å². The summed E-state index contributed by atoms with van der Waals surface area (Å²) in [5.41, 5.74) is 0.347. The molecule has 0 aromatic rings. The third kappa shape index (κ3) is 1.26. The zero-order valence-electron chi connectivity index (χ0n) is 9.04. The number of piperidine rings is 3. The Morgan fingerprint density at radius 3 is 2.60 bits per heavy atom. The number of carbonyl (C=O) groups excluding carboxylic acids is 1. The van der Waals surface area contributed by atoms with Crippen molar-refractivity contribution in [2.75, 3.05) is 13.1 Å². The lowest BCUT2D eigenvalue weighted by molar-refractivity contribution is -0.120. The van der Waals surface area contributed by atoms with Crippen molar-refractivity contribution in [1.29, 1.82) is 0 Å². The molecule has 82 valence electrons. The molecule has 3 heteroatoms. The summed E-state index contributed by atoms with van der Waals surface area (Å²) >= 11 is 0. The fourth-order valence-corrected chi connectivity index (χ4v) is 3.53. The Morgan fingerprint density at radius 2 is 2.07 bits per heavy atom. The lowest BCUT2D eigenvalue weighted by atomic mass is 9.77. The maximum Gasteiger partial charge on any atom is 0.243 e. The van der Waals surface area contributed by atoms with Gasteiger partial charge in [-0.1, -0.05) is 6.58 Å². The number of nitrogens with one attached hydrogen (secondary N) is 1. The molecule has 1 amide bonds. The quantitative estimate of drug-likeness (QED) is 0.681. The monoisotopic (exact) mass is 206 g/mol. The first-order chi connectivity index (χ1) is 7.26. The van der Waals surface area contributed by atoms with Gasteiger partial charge in [0.1, 0.15) is 0 Å². The molecule has 3 saturated heterocycles. The van der Waals surface area contributed by atoms with Crippen LogP contribution in [0.3, 0.4) is 0 Å². The number of fused-ring (bicyclic) bond motifs is 2. The van der Waals surface area contributed by atoms with Gasteiger partial charge >= 0.3 is 0 Å². The topological polar surface area (TPSA) is 32.3 Å². The van der Waals surface area contributed by atoms with Crippen molar-refractivity contribution in [3.05, 3.63) is 12.7 Å². The van der Waals surface area contributed by atoms with Crippen LogP contribution in [0.5, 0.6) is 0 Å². The minimum Gasteiger partial charge on any atom is -0.348 e. The van der Waals surface area contributed by atoms with Crippen molar-refractivity contribution >= 4 is 5.91 Å². The number of amides is 1. The molecule has 1 saturated carbocycles. The predicted octanol–water partition coefficient (Wildman–Crippen LogP) is 0.915. The fourth-order valence-electron chi connectivity index (χ4n) is 3.53. The molecule has 1 unspecified atom stereocenters. The summed E-state index contributed by atoms with van der Waals surface area (Å²) in [6.07, 6.45) is 6.44. The van der Waals surface area contributed by atoms with E-state index in [9.17, 15) is 4.79 Å². The molecule has 2 bridgehead atoms. The highest BCUT2D eigenvalue weighted by atomic mass is 16.1. The normalized spacial score (nSPS) is 40.1. The molecule has 0 radical (unpaired) electrons. The van der Waals surface area contributed by atoms with Gasteiger partial charge in [0.2, 0.25) is 5.91 Å². The average molecular weight is 206 g/mol. The van der Waals surface area contributed by atoms with Crippen LogP contribution in [0.4, 0.5) is 0 Å². The molecular formula is C12H18N2O. The largest absolute Gasteiger partial charge is 0.348 e. The van der Waals surface area contributed by atoms with E-state index in [0.29, 0.717) is 17.5 Å². The van der Waals surface area contributed by atoms with Crippen LogP contribution >= 0.6 is 0 Å². The highest BCUT2D eigenvalue weighted by Crippen LogP contribution is 2.53. The molecule has 4 rings (SSSR count). The van der Waals surface area contributed by atoms with E-state index in [0.717, 1.165) is 0 Å². The predicted molar refractivity (Wildman–Crippen MR) is 58.4 cm³/mol. The van der Waals surface area contributed by atoms with Crippen molar-refractivity contribution < 1.29 is 4.79 Å². The Balaban J connectivity index is 1.81. The van der Waals surface area contributed by atoms with Crippen molar-refractivity contribution in [2.45, 2.75) is 37.3 Å². The van der Waals surface area contributed by atoms with Crippen molar-refractivity contribution in [3.8, 4) is 0 Å². The van der Waals surface area contributed by atoms with E-state index in [-0.39, 0.29) is 5.91 Å². The Bertz CT molecular complexity index is 301. The Morgan fingerprint density at radius 1 is 1.40 bits per heavy atom. The number of rotatable bonds is 2. The van der Waals surface area contributed by atoms with Crippen LogP contribution in [0.15, 0.2) is 12.7 Å². The molecule has 15 heavy (non-hydrogen) atoms. The summed E-state index contributed by atoms with van der Waals surface area (Å²) in [4.78, 5) is 14.0. The van der Waals surface area contributed by atoms with Gasteiger partial charge in [0.25, 0.3) is 0 Å². The molecule has 4 aliphatic rings. The smallest absolute Gasteiger partial charge is 0.243 e. The van der Waals surface area contributed by atoms with Gasteiger partial charge in [-0.15, -0.1) is 0 Å². The molecule has 1 aliphatic carbocycles. The Labute approximate surface area is 90.5 Å². The summed E-state index contributed by atoms with van der Waals surface area (Å²) < 4.78 is 0. The fraction of sp³-hybridized carbons (Fsp3) is 0.750. The first-order valence-electron chi connectivity index (χ1n) is 5.94. The second kappa shape index (κ2) is 3.08. The summed E-state index contributed by atoms with van der Waals surface area (Å²) in [5.74, 6) is 0.710. The van der Waals surface area contributed by atoms with Gasteiger partial charge < -0.3 is 5.32 Å². The zero-order chi connectivity index (χ0) is 10.5. The van der Waals surface area contributed by atoms with Gasteiger partial charge in [-0.25, -0.2) is 0 Å². The van der Waals surface area contributed by atoms with Gasteiger partial charge in [0.05, 0.1) is 6.04 Å². The number of hydrogen-bond donors (Lipinski definition) is 1. The van der Waals surface area contributed by atoms with Crippen LogP contribution in [0.25, 0.3) is 0 Å². The van der Waals surface area contributed by atoms with Crippen molar-refractivity contribution in [1.82, 2.24) is 10.2 Å². The molecule has 3 heterocycles. The van der Waals surface area contributed by atoms with Crippen LogP contribution in [0, 0.1) is 5.92 Å². The standard InChI is InChI=1S/C12H18N2O/c1-2-10(15)13-11-9-3-7-14(8-4-9)12(11)5-6-12/h2,9,11H,1,3-8H2,(H,13,15). The first-order valence-corrected chi connectivity index (χ1v) is 5.94. The summed E-state index contributed by atoms with van der Waals surface area (Å²) in [7, 11) is 0. The van der Waals surface area contributed by atoms with Crippen LogP contribution in [0.2, 0.25) is 0 Å². The molecule has 0 aromatic carbocycles. The van der Waals surface area contributed by atoms with Crippen LogP contribution in [-0.2, 0) is 4.79 Å².